The van der Waals surface area contributed by atoms with Gasteiger partial charge in [0.15, 0.2) is 5.82 Å². The van der Waals surface area contributed by atoms with Crippen molar-refractivity contribution in [3.63, 3.8) is 0 Å². The SMILES string of the molecule is CCCSCc1noc(C(C)C(=O)CC)n1. The van der Waals surface area contributed by atoms with Crippen molar-refractivity contribution in [1.82, 2.24) is 10.1 Å². The van der Waals surface area contributed by atoms with Gasteiger partial charge in [-0.05, 0) is 19.1 Å². The molecule has 0 aliphatic carbocycles. The number of thioether (sulfide) groups is 1. The molecule has 0 aromatic carbocycles. The Hall–Kier alpha value is -0.840. The van der Waals surface area contributed by atoms with Gasteiger partial charge in [0.25, 0.3) is 0 Å². The Morgan fingerprint density at radius 1 is 1.50 bits per heavy atom. The molecule has 0 saturated carbocycles. The minimum Gasteiger partial charge on any atom is -0.339 e. The molecule has 5 heteroatoms. The van der Waals surface area contributed by atoms with Gasteiger partial charge in [-0.3, -0.25) is 4.79 Å². The van der Waals surface area contributed by atoms with E-state index in [1.807, 2.05) is 13.8 Å². The fourth-order valence-corrected chi connectivity index (χ4v) is 1.99. The van der Waals surface area contributed by atoms with Crippen molar-refractivity contribution in [3.05, 3.63) is 11.7 Å². The smallest absolute Gasteiger partial charge is 0.236 e. The highest BCUT2D eigenvalue weighted by molar-refractivity contribution is 7.98. The van der Waals surface area contributed by atoms with Crippen LogP contribution in [0.5, 0.6) is 0 Å². The number of carbonyl (C=O) groups is 1. The lowest BCUT2D eigenvalue weighted by Crippen LogP contribution is -2.07. The van der Waals surface area contributed by atoms with Crippen molar-refractivity contribution in [2.24, 2.45) is 0 Å². The molecular formula is C11H18N2O2S. The highest BCUT2D eigenvalue weighted by atomic mass is 32.2. The predicted molar refractivity (Wildman–Crippen MR) is 64.5 cm³/mol. The number of nitrogens with zero attached hydrogens (tertiary/aromatic N) is 2. The number of hydrogen-bond donors (Lipinski definition) is 0. The molecular weight excluding hydrogens is 224 g/mol. The van der Waals surface area contributed by atoms with E-state index in [-0.39, 0.29) is 11.7 Å². The number of hydrogen-bond acceptors (Lipinski definition) is 5. The van der Waals surface area contributed by atoms with Crippen LogP contribution in [0.15, 0.2) is 4.52 Å². The molecule has 0 bridgehead atoms. The third kappa shape index (κ3) is 3.63. The van der Waals surface area contributed by atoms with Gasteiger partial charge in [0.2, 0.25) is 5.89 Å². The van der Waals surface area contributed by atoms with E-state index in [4.69, 9.17) is 4.52 Å². The van der Waals surface area contributed by atoms with E-state index in [1.54, 1.807) is 11.8 Å². The number of ketones is 1. The van der Waals surface area contributed by atoms with Crippen molar-refractivity contribution in [3.8, 4) is 0 Å². The zero-order valence-electron chi connectivity index (χ0n) is 10.0. The summed E-state index contributed by atoms with van der Waals surface area (Å²) in [5, 5.41) is 3.87. The quantitative estimate of drug-likeness (QED) is 0.688. The molecule has 1 unspecified atom stereocenters. The second-order valence-corrected chi connectivity index (χ2v) is 4.75. The Morgan fingerprint density at radius 2 is 2.25 bits per heavy atom. The van der Waals surface area contributed by atoms with Gasteiger partial charge in [-0.15, -0.1) is 0 Å². The third-order valence-electron chi connectivity index (χ3n) is 2.27. The van der Waals surface area contributed by atoms with E-state index in [2.05, 4.69) is 17.1 Å². The van der Waals surface area contributed by atoms with Gasteiger partial charge in [0.1, 0.15) is 5.78 Å². The normalized spacial score (nSPS) is 12.7. The number of aromatic nitrogens is 2. The molecule has 1 heterocycles. The maximum Gasteiger partial charge on any atom is 0.236 e. The molecule has 1 aromatic rings. The highest BCUT2D eigenvalue weighted by Crippen LogP contribution is 2.17. The van der Waals surface area contributed by atoms with Crippen LogP contribution < -0.4 is 0 Å². The van der Waals surface area contributed by atoms with Crippen molar-refractivity contribution in [2.75, 3.05) is 5.75 Å². The molecule has 1 rings (SSSR count). The Bertz CT molecular complexity index is 338. The summed E-state index contributed by atoms with van der Waals surface area (Å²) in [7, 11) is 0. The molecule has 0 radical (unpaired) electrons. The minimum absolute atomic E-state index is 0.136. The fourth-order valence-electron chi connectivity index (χ4n) is 1.25. The van der Waals surface area contributed by atoms with Crippen molar-refractivity contribution in [2.45, 2.75) is 45.3 Å². The second-order valence-electron chi connectivity index (χ2n) is 3.64. The van der Waals surface area contributed by atoms with Crippen LogP contribution in [0.1, 0.15) is 51.2 Å². The Balaban J connectivity index is 2.53. The highest BCUT2D eigenvalue weighted by Gasteiger charge is 2.19. The molecule has 0 amide bonds. The van der Waals surface area contributed by atoms with Crippen LogP contribution >= 0.6 is 11.8 Å². The van der Waals surface area contributed by atoms with Crippen LogP contribution in [0.3, 0.4) is 0 Å². The van der Waals surface area contributed by atoms with E-state index in [1.165, 1.54) is 0 Å². The minimum atomic E-state index is -0.276. The van der Waals surface area contributed by atoms with Crippen LogP contribution in [0.2, 0.25) is 0 Å². The maximum atomic E-state index is 11.4. The Labute approximate surface area is 100 Å². The summed E-state index contributed by atoms with van der Waals surface area (Å²) in [5.41, 5.74) is 0. The monoisotopic (exact) mass is 242 g/mol. The van der Waals surface area contributed by atoms with Crippen LogP contribution in [0.4, 0.5) is 0 Å². The summed E-state index contributed by atoms with van der Waals surface area (Å²) in [4.78, 5) is 15.7. The molecule has 0 saturated heterocycles. The van der Waals surface area contributed by atoms with Gasteiger partial charge in [0, 0.05) is 6.42 Å². The lowest BCUT2D eigenvalue weighted by Gasteiger charge is -2.01. The van der Waals surface area contributed by atoms with Crippen LogP contribution in [-0.2, 0) is 10.5 Å². The van der Waals surface area contributed by atoms with E-state index < -0.39 is 0 Å². The van der Waals surface area contributed by atoms with Gasteiger partial charge >= 0.3 is 0 Å². The van der Waals surface area contributed by atoms with Crippen molar-refractivity contribution < 1.29 is 9.32 Å². The number of rotatable bonds is 7. The van der Waals surface area contributed by atoms with Gasteiger partial charge in [-0.25, -0.2) is 0 Å². The lowest BCUT2D eigenvalue weighted by atomic mass is 10.1. The molecule has 16 heavy (non-hydrogen) atoms. The summed E-state index contributed by atoms with van der Waals surface area (Å²) >= 11 is 1.78. The molecule has 0 aliphatic heterocycles. The lowest BCUT2D eigenvalue weighted by molar-refractivity contribution is -0.120. The Kier molecular flexibility index (Phi) is 5.52. The summed E-state index contributed by atoms with van der Waals surface area (Å²) in [6, 6.07) is 0. The Morgan fingerprint density at radius 3 is 2.88 bits per heavy atom. The first-order valence-electron chi connectivity index (χ1n) is 5.62. The van der Waals surface area contributed by atoms with Crippen LogP contribution in [0.25, 0.3) is 0 Å². The molecule has 0 aliphatic rings. The maximum absolute atomic E-state index is 11.4. The van der Waals surface area contributed by atoms with Gasteiger partial charge in [0.05, 0.1) is 11.7 Å². The van der Waals surface area contributed by atoms with E-state index in [9.17, 15) is 4.79 Å². The molecule has 1 atom stereocenters. The van der Waals surface area contributed by atoms with E-state index in [0.717, 1.165) is 17.9 Å². The number of Topliss-reactive ketones (excluding diaryl/α,β-unsaturated/α-hetero) is 1. The van der Waals surface area contributed by atoms with E-state index in [0.29, 0.717) is 18.1 Å². The predicted octanol–water partition coefficient (Wildman–Crippen LogP) is 2.80. The largest absolute Gasteiger partial charge is 0.339 e. The third-order valence-corrected chi connectivity index (χ3v) is 3.42. The van der Waals surface area contributed by atoms with Gasteiger partial charge in [-0.2, -0.15) is 16.7 Å². The molecule has 0 spiro atoms. The molecule has 1 aromatic heterocycles. The topological polar surface area (TPSA) is 56.0 Å². The summed E-state index contributed by atoms with van der Waals surface area (Å²) in [6.45, 7) is 5.78. The molecule has 0 fully saturated rings. The standard InChI is InChI=1S/C11H18N2O2S/c1-4-6-16-7-10-12-11(15-13-10)8(3)9(14)5-2/h8H,4-7H2,1-3H3. The first-order chi connectivity index (χ1) is 7.69. The zero-order chi connectivity index (χ0) is 12.0. The zero-order valence-corrected chi connectivity index (χ0v) is 10.8. The first-order valence-corrected chi connectivity index (χ1v) is 6.77. The molecule has 4 nitrogen and oxygen atoms in total. The van der Waals surface area contributed by atoms with Crippen LogP contribution in [-0.4, -0.2) is 21.7 Å². The number of carbonyl (C=O) groups excluding carboxylic acids is 1. The van der Waals surface area contributed by atoms with Crippen molar-refractivity contribution >= 4 is 17.5 Å². The summed E-state index contributed by atoms with van der Waals surface area (Å²) in [5.74, 6) is 2.83. The fraction of sp³-hybridized carbons (Fsp3) is 0.727. The van der Waals surface area contributed by atoms with Crippen molar-refractivity contribution in [1.29, 1.82) is 0 Å². The molecule has 90 valence electrons. The first kappa shape index (κ1) is 13.2. The van der Waals surface area contributed by atoms with Gasteiger partial charge in [-0.1, -0.05) is 19.0 Å². The average molecular weight is 242 g/mol. The molecule has 0 N–H and O–H groups in total. The van der Waals surface area contributed by atoms with Crippen LogP contribution in [0, 0.1) is 0 Å². The van der Waals surface area contributed by atoms with Gasteiger partial charge < -0.3 is 4.52 Å². The summed E-state index contributed by atoms with van der Waals surface area (Å²) < 4.78 is 5.08. The average Bonchev–Trinajstić information content (AvgIpc) is 2.76. The van der Waals surface area contributed by atoms with E-state index >= 15 is 0 Å². The second kappa shape index (κ2) is 6.68. The summed E-state index contributed by atoms with van der Waals surface area (Å²) in [6.07, 6.45) is 1.64.